The zero-order valence-electron chi connectivity index (χ0n) is 15.1. The first-order valence-electron chi connectivity index (χ1n) is 8.33. The lowest BCUT2D eigenvalue weighted by atomic mass is 10.2. The van der Waals surface area contributed by atoms with Crippen LogP contribution in [-0.2, 0) is 10.0 Å². The van der Waals surface area contributed by atoms with Crippen molar-refractivity contribution in [3.8, 4) is 5.75 Å². The van der Waals surface area contributed by atoms with Crippen molar-refractivity contribution in [1.29, 1.82) is 0 Å². The number of halogens is 1. The molecule has 154 valence electrons. The Morgan fingerprint density at radius 3 is 2.33 bits per heavy atom. The molecule has 0 fully saturated rings. The second kappa shape index (κ2) is 8.17. The van der Waals surface area contributed by atoms with Gasteiger partial charge in [-0.15, -0.1) is 0 Å². The summed E-state index contributed by atoms with van der Waals surface area (Å²) < 4.78 is 40.3. The number of phenolic OH excluding ortho intramolecular Hbond substituents is 1. The van der Waals surface area contributed by atoms with Gasteiger partial charge in [0.2, 0.25) is 0 Å². The molecule has 0 aliphatic rings. The van der Waals surface area contributed by atoms with Gasteiger partial charge in [-0.2, -0.15) is 0 Å². The molecule has 0 aliphatic heterocycles. The normalized spacial score (nSPS) is 11.0. The standard InChI is InChI=1S/C19H14FN3O6S/c20-13-2-1-3-15(10-13)21-19(25)12-4-6-14(7-5-12)22-30(28,29)16-8-9-18(24)17(11-16)23(26)27/h1-11,22,24H,(H,21,25). The third-order valence-electron chi connectivity index (χ3n) is 3.94. The first-order chi connectivity index (χ1) is 14.2. The van der Waals surface area contributed by atoms with Crippen LogP contribution in [-0.4, -0.2) is 24.4 Å². The van der Waals surface area contributed by atoms with E-state index in [2.05, 4.69) is 10.0 Å². The number of anilines is 2. The number of nitro benzene ring substituents is 1. The van der Waals surface area contributed by atoms with E-state index in [1.165, 1.54) is 42.5 Å². The monoisotopic (exact) mass is 431 g/mol. The fraction of sp³-hybridized carbons (Fsp3) is 0. The number of aromatic hydroxyl groups is 1. The van der Waals surface area contributed by atoms with Gasteiger partial charge in [0, 0.05) is 23.0 Å². The van der Waals surface area contributed by atoms with Crippen LogP contribution >= 0.6 is 0 Å². The van der Waals surface area contributed by atoms with Gasteiger partial charge in [-0.05, 0) is 54.6 Å². The zero-order chi connectivity index (χ0) is 21.9. The van der Waals surface area contributed by atoms with Gasteiger partial charge in [-0.25, -0.2) is 12.8 Å². The summed E-state index contributed by atoms with van der Waals surface area (Å²) in [5, 5.41) is 22.8. The van der Waals surface area contributed by atoms with Gasteiger partial charge in [0.25, 0.3) is 15.9 Å². The Bertz CT molecular complexity index is 1230. The minimum absolute atomic E-state index is 0.105. The third-order valence-corrected chi connectivity index (χ3v) is 5.31. The lowest BCUT2D eigenvalue weighted by Gasteiger charge is -2.10. The highest BCUT2D eigenvalue weighted by Gasteiger charge is 2.21. The van der Waals surface area contributed by atoms with Crippen molar-refractivity contribution < 1.29 is 27.6 Å². The zero-order valence-corrected chi connectivity index (χ0v) is 15.9. The molecule has 3 rings (SSSR count). The summed E-state index contributed by atoms with van der Waals surface area (Å²) in [7, 11) is -4.18. The molecule has 11 heteroatoms. The Morgan fingerprint density at radius 1 is 1.00 bits per heavy atom. The number of phenols is 1. The average molecular weight is 431 g/mol. The van der Waals surface area contributed by atoms with Gasteiger partial charge in [0.15, 0.2) is 5.75 Å². The quantitative estimate of drug-likeness (QED) is 0.403. The summed E-state index contributed by atoms with van der Waals surface area (Å²) in [6.07, 6.45) is 0. The summed E-state index contributed by atoms with van der Waals surface area (Å²) in [6.45, 7) is 0. The number of benzene rings is 3. The van der Waals surface area contributed by atoms with Crippen LogP contribution in [0.2, 0.25) is 0 Å². The Balaban J connectivity index is 1.75. The van der Waals surface area contributed by atoms with E-state index in [0.717, 1.165) is 24.3 Å². The summed E-state index contributed by atoms with van der Waals surface area (Å²) >= 11 is 0. The van der Waals surface area contributed by atoms with Gasteiger partial charge in [-0.1, -0.05) is 6.07 Å². The fourth-order valence-corrected chi connectivity index (χ4v) is 3.57. The van der Waals surface area contributed by atoms with E-state index in [-0.39, 0.29) is 16.9 Å². The van der Waals surface area contributed by atoms with E-state index in [0.29, 0.717) is 0 Å². The number of nitro groups is 1. The molecule has 0 unspecified atom stereocenters. The van der Waals surface area contributed by atoms with Crippen molar-refractivity contribution in [3.05, 3.63) is 88.2 Å². The van der Waals surface area contributed by atoms with Crippen LogP contribution in [0.5, 0.6) is 5.75 Å². The molecule has 0 saturated heterocycles. The third kappa shape index (κ3) is 4.70. The number of rotatable bonds is 6. The first kappa shape index (κ1) is 20.7. The van der Waals surface area contributed by atoms with Gasteiger partial charge < -0.3 is 10.4 Å². The second-order valence-corrected chi connectivity index (χ2v) is 7.74. The number of hydrogen-bond donors (Lipinski definition) is 3. The summed E-state index contributed by atoms with van der Waals surface area (Å²) in [4.78, 5) is 21.8. The highest BCUT2D eigenvalue weighted by atomic mass is 32.2. The van der Waals surface area contributed by atoms with E-state index in [4.69, 9.17) is 0 Å². The van der Waals surface area contributed by atoms with E-state index in [1.54, 1.807) is 0 Å². The summed E-state index contributed by atoms with van der Waals surface area (Å²) in [6, 6.07) is 13.4. The molecule has 0 atom stereocenters. The lowest BCUT2D eigenvalue weighted by Crippen LogP contribution is -2.14. The number of nitrogens with one attached hydrogen (secondary N) is 2. The number of nitrogens with zero attached hydrogens (tertiary/aromatic N) is 1. The van der Waals surface area contributed by atoms with Crippen LogP contribution in [0.1, 0.15) is 10.4 Å². The van der Waals surface area contributed by atoms with E-state index >= 15 is 0 Å². The number of carbonyl (C=O) groups is 1. The Kier molecular flexibility index (Phi) is 5.65. The molecule has 3 aromatic rings. The van der Waals surface area contributed by atoms with Crippen LogP contribution in [0.25, 0.3) is 0 Å². The molecular formula is C19H14FN3O6S. The van der Waals surface area contributed by atoms with Crippen molar-refractivity contribution in [2.75, 3.05) is 10.0 Å². The smallest absolute Gasteiger partial charge is 0.312 e. The lowest BCUT2D eigenvalue weighted by molar-refractivity contribution is -0.386. The van der Waals surface area contributed by atoms with Crippen LogP contribution in [0.15, 0.2) is 71.6 Å². The van der Waals surface area contributed by atoms with E-state index < -0.39 is 43.0 Å². The molecule has 0 aliphatic carbocycles. The molecule has 0 saturated carbocycles. The maximum Gasteiger partial charge on any atom is 0.312 e. The average Bonchev–Trinajstić information content (AvgIpc) is 2.68. The Hall–Kier alpha value is -3.99. The van der Waals surface area contributed by atoms with Gasteiger partial charge in [-0.3, -0.25) is 19.6 Å². The highest BCUT2D eigenvalue weighted by molar-refractivity contribution is 7.92. The maximum absolute atomic E-state index is 13.2. The van der Waals surface area contributed by atoms with Crippen molar-refractivity contribution in [2.45, 2.75) is 4.90 Å². The van der Waals surface area contributed by atoms with Crippen LogP contribution in [0.4, 0.5) is 21.5 Å². The molecule has 3 N–H and O–H groups in total. The van der Waals surface area contributed by atoms with Crippen LogP contribution in [0.3, 0.4) is 0 Å². The molecule has 0 heterocycles. The Morgan fingerprint density at radius 2 is 1.70 bits per heavy atom. The molecule has 0 aromatic heterocycles. The predicted octanol–water partition coefficient (Wildman–Crippen LogP) is 3.49. The molecule has 9 nitrogen and oxygen atoms in total. The molecule has 0 spiro atoms. The number of hydrogen-bond acceptors (Lipinski definition) is 6. The van der Waals surface area contributed by atoms with Gasteiger partial charge in [0.05, 0.1) is 9.82 Å². The summed E-state index contributed by atoms with van der Waals surface area (Å²) in [5.41, 5.74) is -0.184. The van der Waals surface area contributed by atoms with Crippen LogP contribution in [0, 0.1) is 15.9 Å². The predicted molar refractivity (Wildman–Crippen MR) is 106 cm³/mol. The maximum atomic E-state index is 13.2. The number of carbonyl (C=O) groups excluding carboxylic acids is 1. The van der Waals surface area contributed by atoms with Crippen LogP contribution < -0.4 is 10.0 Å². The number of sulfonamides is 1. The van der Waals surface area contributed by atoms with Crippen molar-refractivity contribution >= 4 is 33.0 Å². The van der Waals surface area contributed by atoms with E-state index in [1.807, 2.05) is 0 Å². The molecule has 3 aromatic carbocycles. The summed E-state index contributed by atoms with van der Waals surface area (Å²) in [5.74, 6) is -1.69. The first-order valence-corrected chi connectivity index (χ1v) is 9.81. The SMILES string of the molecule is O=C(Nc1cccc(F)c1)c1ccc(NS(=O)(=O)c2ccc(O)c([N+](=O)[O-])c2)cc1. The largest absolute Gasteiger partial charge is 0.502 e. The highest BCUT2D eigenvalue weighted by Crippen LogP contribution is 2.29. The Labute approximate surface area is 170 Å². The molecule has 0 bridgehead atoms. The van der Waals surface area contributed by atoms with Crippen molar-refractivity contribution in [2.24, 2.45) is 0 Å². The molecular weight excluding hydrogens is 417 g/mol. The van der Waals surface area contributed by atoms with Gasteiger partial charge >= 0.3 is 5.69 Å². The fourth-order valence-electron chi connectivity index (χ4n) is 2.49. The molecule has 30 heavy (non-hydrogen) atoms. The number of amides is 1. The van der Waals surface area contributed by atoms with E-state index in [9.17, 15) is 32.8 Å². The van der Waals surface area contributed by atoms with Gasteiger partial charge in [0.1, 0.15) is 5.82 Å². The van der Waals surface area contributed by atoms with Crippen molar-refractivity contribution in [3.63, 3.8) is 0 Å². The van der Waals surface area contributed by atoms with Crippen molar-refractivity contribution in [1.82, 2.24) is 0 Å². The minimum Gasteiger partial charge on any atom is -0.502 e. The second-order valence-electron chi connectivity index (χ2n) is 6.05. The topological polar surface area (TPSA) is 139 Å². The molecule has 1 amide bonds. The minimum atomic E-state index is -4.18. The molecule has 0 radical (unpaired) electrons.